The van der Waals surface area contributed by atoms with Crippen LogP contribution < -0.4 is 5.32 Å². The van der Waals surface area contributed by atoms with Gasteiger partial charge in [-0.15, -0.1) is 11.3 Å². The summed E-state index contributed by atoms with van der Waals surface area (Å²) in [6, 6.07) is 3.67. The molecular weight excluding hydrogens is 198 g/mol. The van der Waals surface area contributed by atoms with Crippen LogP contribution in [0.15, 0.2) is 29.5 Å². The summed E-state index contributed by atoms with van der Waals surface area (Å²) >= 11 is 1.44. The lowest BCUT2D eigenvalue weighted by Gasteiger charge is -1.99. The number of carbonyl (C=O) groups is 1. The Hall–Kier alpha value is -1.29. The lowest BCUT2D eigenvalue weighted by molar-refractivity contribution is 0.104. The van der Waals surface area contributed by atoms with Crippen LogP contribution in [0.4, 0.5) is 0 Å². The molecule has 3 nitrogen and oxygen atoms in total. The average Bonchev–Trinajstić information content (AvgIpc) is 2.75. The summed E-state index contributed by atoms with van der Waals surface area (Å²) in [7, 11) is 0. The fourth-order valence-electron chi connectivity index (χ4n) is 1.24. The molecule has 1 unspecified atom stereocenters. The van der Waals surface area contributed by atoms with Gasteiger partial charge >= 0.3 is 0 Å². The van der Waals surface area contributed by atoms with E-state index in [1.807, 2.05) is 24.4 Å². The summed E-state index contributed by atoms with van der Waals surface area (Å²) in [5, 5.41) is 4.91. The van der Waals surface area contributed by atoms with Crippen LogP contribution in [0.5, 0.6) is 0 Å². The van der Waals surface area contributed by atoms with Crippen LogP contribution in [0.25, 0.3) is 0 Å². The number of rotatable bonds is 2. The molecule has 0 bridgehead atoms. The van der Waals surface area contributed by atoms with E-state index in [0.717, 1.165) is 11.4 Å². The van der Waals surface area contributed by atoms with Gasteiger partial charge in [0.2, 0.25) is 5.78 Å². The number of allylic oxidation sites excluding steroid dienone is 1. The summed E-state index contributed by atoms with van der Waals surface area (Å²) in [5.74, 6) is 0.576. The third-order valence-electron chi connectivity index (χ3n) is 1.92. The second-order valence-electron chi connectivity index (χ2n) is 3.16. The molecule has 0 saturated carbocycles. The molecule has 0 aromatic carbocycles. The van der Waals surface area contributed by atoms with E-state index in [1.165, 1.54) is 17.4 Å². The molecule has 1 saturated heterocycles. The van der Waals surface area contributed by atoms with Crippen LogP contribution in [0, 0.1) is 0 Å². The lowest BCUT2D eigenvalue weighted by atomic mass is 10.3. The topological polar surface area (TPSA) is 38.3 Å². The first-order valence-electron chi connectivity index (χ1n) is 4.46. The first-order chi connectivity index (χ1) is 6.75. The largest absolute Gasteiger partial charge is 0.474 e. The fourth-order valence-corrected chi connectivity index (χ4v) is 1.87. The Balaban J connectivity index is 2.07. The number of hydrogen-bond donors (Lipinski definition) is 1. The first-order valence-corrected chi connectivity index (χ1v) is 5.34. The van der Waals surface area contributed by atoms with Crippen LogP contribution in [0.1, 0.15) is 16.6 Å². The third kappa shape index (κ3) is 1.96. The standard InChI is InChI=1S/C10H11NO2S/c1-7-6-11-10(13-7)5-8(12)9-3-2-4-14-9/h2-5,7,11H,6H2,1H3/b10-5-. The van der Waals surface area contributed by atoms with Crippen molar-refractivity contribution >= 4 is 17.1 Å². The van der Waals surface area contributed by atoms with Crippen LogP contribution in [-0.2, 0) is 4.74 Å². The van der Waals surface area contributed by atoms with E-state index in [-0.39, 0.29) is 11.9 Å². The molecule has 1 aromatic rings. The molecule has 74 valence electrons. The molecule has 2 rings (SSSR count). The van der Waals surface area contributed by atoms with Crippen LogP contribution >= 0.6 is 11.3 Å². The van der Waals surface area contributed by atoms with E-state index in [2.05, 4.69) is 5.32 Å². The summed E-state index contributed by atoms with van der Waals surface area (Å²) in [5.41, 5.74) is 0. The zero-order chi connectivity index (χ0) is 9.97. The zero-order valence-corrected chi connectivity index (χ0v) is 8.64. The second kappa shape index (κ2) is 3.84. The van der Waals surface area contributed by atoms with Gasteiger partial charge in [-0.1, -0.05) is 6.07 Å². The van der Waals surface area contributed by atoms with Gasteiger partial charge in [0.25, 0.3) is 0 Å². The van der Waals surface area contributed by atoms with E-state index >= 15 is 0 Å². The van der Waals surface area contributed by atoms with Gasteiger partial charge in [0.1, 0.15) is 6.10 Å². The molecule has 1 aromatic heterocycles. The minimum Gasteiger partial charge on any atom is -0.474 e. The average molecular weight is 209 g/mol. The minimum absolute atomic E-state index is 0.00315. The minimum atomic E-state index is -0.00315. The van der Waals surface area contributed by atoms with Crippen molar-refractivity contribution in [2.24, 2.45) is 0 Å². The van der Waals surface area contributed by atoms with Crippen molar-refractivity contribution in [1.82, 2.24) is 5.32 Å². The van der Waals surface area contributed by atoms with Crippen molar-refractivity contribution in [3.8, 4) is 0 Å². The highest BCUT2D eigenvalue weighted by Crippen LogP contribution is 2.13. The molecule has 0 radical (unpaired) electrons. The number of hydrogen-bond acceptors (Lipinski definition) is 4. The van der Waals surface area contributed by atoms with Crippen molar-refractivity contribution in [1.29, 1.82) is 0 Å². The molecule has 0 spiro atoms. The third-order valence-corrected chi connectivity index (χ3v) is 2.80. The molecule has 2 heterocycles. The van der Waals surface area contributed by atoms with E-state index in [9.17, 15) is 4.79 Å². The second-order valence-corrected chi connectivity index (χ2v) is 4.11. The predicted molar refractivity (Wildman–Crippen MR) is 55.3 cm³/mol. The lowest BCUT2D eigenvalue weighted by Crippen LogP contribution is -2.09. The highest BCUT2D eigenvalue weighted by Gasteiger charge is 2.16. The molecule has 14 heavy (non-hydrogen) atoms. The van der Waals surface area contributed by atoms with Crippen molar-refractivity contribution < 1.29 is 9.53 Å². The predicted octanol–water partition coefficient (Wildman–Crippen LogP) is 1.78. The van der Waals surface area contributed by atoms with Gasteiger partial charge in [0.05, 0.1) is 11.4 Å². The molecule has 0 aliphatic carbocycles. The normalized spacial score (nSPS) is 23.2. The van der Waals surface area contributed by atoms with Crippen LogP contribution in [-0.4, -0.2) is 18.4 Å². The maximum atomic E-state index is 11.6. The molecule has 1 fully saturated rings. The Morgan fingerprint density at radius 3 is 3.21 bits per heavy atom. The van der Waals surface area contributed by atoms with Crippen molar-refractivity contribution in [2.45, 2.75) is 13.0 Å². The van der Waals surface area contributed by atoms with Crippen LogP contribution in [0.3, 0.4) is 0 Å². The maximum Gasteiger partial charge on any atom is 0.201 e. The van der Waals surface area contributed by atoms with Crippen molar-refractivity contribution in [2.75, 3.05) is 6.54 Å². The van der Waals surface area contributed by atoms with E-state index < -0.39 is 0 Å². The van der Waals surface area contributed by atoms with Crippen LogP contribution in [0.2, 0.25) is 0 Å². The summed E-state index contributed by atoms with van der Waals surface area (Å²) < 4.78 is 5.36. The Morgan fingerprint density at radius 1 is 1.79 bits per heavy atom. The number of thiophene rings is 1. The van der Waals surface area contributed by atoms with E-state index in [0.29, 0.717) is 5.88 Å². The first kappa shape index (κ1) is 9.27. The van der Waals surface area contributed by atoms with Gasteiger partial charge in [0, 0.05) is 6.08 Å². The molecule has 1 aliphatic heterocycles. The molecule has 0 amide bonds. The van der Waals surface area contributed by atoms with Gasteiger partial charge in [0.15, 0.2) is 5.88 Å². The summed E-state index contributed by atoms with van der Waals surface area (Å²) in [6.45, 7) is 2.73. The van der Waals surface area contributed by atoms with E-state index in [4.69, 9.17) is 4.74 Å². The van der Waals surface area contributed by atoms with Crippen molar-refractivity contribution in [3.05, 3.63) is 34.3 Å². The Morgan fingerprint density at radius 2 is 2.64 bits per heavy atom. The zero-order valence-electron chi connectivity index (χ0n) is 7.82. The Labute approximate surface area is 86.4 Å². The highest BCUT2D eigenvalue weighted by molar-refractivity contribution is 7.12. The maximum absolute atomic E-state index is 11.6. The number of nitrogens with one attached hydrogen (secondary N) is 1. The summed E-state index contributed by atoms with van der Waals surface area (Å²) in [6.07, 6.45) is 1.66. The van der Waals surface area contributed by atoms with Crippen molar-refractivity contribution in [3.63, 3.8) is 0 Å². The monoisotopic (exact) mass is 209 g/mol. The Bertz CT molecular complexity index is 356. The molecular formula is C10H11NO2S. The summed E-state index contributed by atoms with van der Waals surface area (Å²) in [4.78, 5) is 12.3. The van der Waals surface area contributed by atoms with Gasteiger partial charge in [-0.25, -0.2) is 0 Å². The molecule has 1 aliphatic rings. The van der Waals surface area contributed by atoms with Gasteiger partial charge in [-0.05, 0) is 18.4 Å². The number of ether oxygens (including phenoxy) is 1. The highest BCUT2D eigenvalue weighted by atomic mass is 32.1. The number of carbonyl (C=O) groups excluding carboxylic acids is 1. The molecule has 1 N–H and O–H groups in total. The quantitative estimate of drug-likeness (QED) is 0.596. The van der Waals surface area contributed by atoms with E-state index in [1.54, 1.807) is 0 Å². The SMILES string of the molecule is CC1CN/C(=C/C(=O)c2cccs2)O1. The fraction of sp³-hybridized carbons (Fsp3) is 0.300. The molecule has 4 heteroatoms. The smallest absolute Gasteiger partial charge is 0.201 e. The van der Waals surface area contributed by atoms with Gasteiger partial charge in [-0.2, -0.15) is 0 Å². The molecule has 1 atom stereocenters. The van der Waals surface area contributed by atoms with Gasteiger partial charge < -0.3 is 10.1 Å². The number of ketones is 1. The Kier molecular flexibility index (Phi) is 2.54. The van der Waals surface area contributed by atoms with Gasteiger partial charge in [-0.3, -0.25) is 4.79 Å².